The van der Waals surface area contributed by atoms with Crippen molar-refractivity contribution in [2.75, 3.05) is 6.54 Å². The SMILES string of the molecule is O=C(Cc1coc(-c2ccc(Cl)cc2)n1)NCC1(O)CCC1. The largest absolute Gasteiger partial charge is 0.444 e. The molecule has 1 aliphatic carbocycles. The number of aromatic nitrogens is 1. The maximum absolute atomic E-state index is 11.9. The molecule has 2 aromatic rings. The number of aliphatic hydroxyl groups is 1. The van der Waals surface area contributed by atoms with E-state index >= 15 is 0 Å². The highest BCUT2D eigenvalue weighted by Gasteiger charge is 2.34. The Balaban J connectivity index is 1.57. The lowest BCUT2D eigenvalue weighted by molar-refractivity contribution is -0.122. The Hall–Kier alpha value is -1.85. The highest BCUT2D eigenvalue weighted by Crippen LogP contribution is 2.30. The van der Waals surface area contributed by atoms with Crippen LogP contribution in [0.25, 0.3) is 11.5 Å². The van der Waals surface area contributed by atoms with Gasteiger partial charge < -0.3 is 14.8 Å². The standard InChI is InChI=1S/C16H17ClN2O3/c17-12-4-2-11(3-5-12)15-19-13(9-22-15)8-14(20)18-10-16(21)6-1-7-16/h2-5,9,21H,1,6-8,10H2,(H,18,20). The van der Waals surface area contributed by atoms with Crippen molar-refractivity contribution < 1.29 is 14.3 Å². The van der Waals surface area contributed by atoms with Crippen LogP contribution < -0.4 is 5.32 Å². The molecule has 1 aliphatic rings. The van der Waals surface area contributed by atoms with Gasteiger partial charge in [-0.15, -0.1) is 0 Å². The summed E-state index contributed by atoms with van der Waals surface area (Å²) in [5, 5.41) is 13.3. The molecule has 1 aromatic carbocycles. The van der Waals surface area contributed by atoms with Crippen LogP contribution in [0.5, 0.6) is 0 Å². The molecule has 116 valence electrons. The Morgan fingerprint density at radius 3 is 2.73 bits per heavy atom. The molecule has 0 radical (unpaired) electrons. The summed E-state index contributed by atoms with van der Waals surface area (Å²) in [5.74, 6) is 0.286. The van der Waals surface area contributed by atoms with E-state index in [0.29, 0.717) is 23.2 Å². The van der Waals surface area contributed by atoms with E-state index in [1.54, 1.807) is 12.1 Å². The molecule has 1 fully saturated rings. The quantitative estimate of drug-likeness (QED) is 0.888. The van der Waals surface area contributed by atoms with Gasteiger partial charge in [0.05, 0.1) is 17.7 Å². The van der Waals surface area contributed by atoms with Crippen molar-refractivity contribution in [2.45, 2.75) is 31.3 Å². The molecule has 0 spiro atoms. The van der Waals surface area contributed by atoms with Crippen molar-refractivity contribution in [2.24, 2.45) is 0 Å². The van der Waals surface area contributed by atoms with Gasteiger partial charge in [-0.05, 0) is 43.5 Å². The van der Waals surface area contributed by atoms with Crippen LogP contribution in [-0.4, -0.2) is 28.1 Å². The van der Waals surface area contributed by atoms with Crippen molar-refractivity contribution in [1.29, 1.82) is 0 Å². The van der Waals surface area contributed by atoms with Crippen LogP contribution in [0.2, 0.25) is 5.02 Å². The van der Waals surface area contributed by atoms with Gasteiger partial charge in [0.15, 0.2) is 0 Å². The van der Waals surface area contributed by atoms with Crippen LogP contribution in [0.3, 0.4) is 0 Å². The number of nitrogens with zero attached hydrogens (tertiary/aromatic N) is 1. The number of rotatable bonds is 5. The second-order valence-electron chi connectivity index (χ2n) is 5.68. The normalized spacial score (nSPS) is 16.1. The summed E-state index contributed by atoms with van der Waals surface area (Å²) >= 11 is 5.84. The summed E-state index contributed by atoms with van der Waals surface area (Å²) in [4.78, 5) is 16.2. The molecule has 1 amide bonds. The van der Waals surface area contributed by atoms with E-state index in [2.05, 4.69) is 10.3 Å². The van der Waals surface area contributed by atoms with E-state index < -0.39 is 5.60 Å². The van der Waals surface area contributed by atoms with Gasteiger partial charge in [-0.1, -0.05) is 11.6 Å². The molecule has 1 heterocycles. The first-order valence-electron chi connectivity index (χ1n) is 7.24. The summed E-state index contributed by atoms with van der Waals surface area (Å²) in [6, 6.07) is 7.13. The summed E-state index contributed by atoms with van der Waals surface area (Å²) in [6.45, 7) is 0.299. The fraction of sp³-hybridized carbons (Fsp3) is 0.375. The van der Waals surface area contributed by atoms with Crippen molar-refractivity contribution in [3.8, 4) is 11.5 Å². The third-order valence-corrected chi connectivity index (χ3v) is 4.14. The molecular formula is C16H17ClN2O3. The van der Waals surface area contributed by atoms with E-state index in [0.717, 1.165) is 24.8 Å². The van der Waals surface area contributed by atoms with E-state index in [1.807, 2.05) is 12.1 Å². The summed E-state index contributed by atoms with van der Waals surface area (Å²) < 4.78 is 5.39. The number of halogens is 1. The molecule has 0 bridgehead atoms. The first-order chi connectivity index (χ1) is 10.5. The molecular weight excluding hydrogens is 304 g/mol. The molecule has 1 aromatic heterocycles. The van der Waals surface area contributed by atoms with E-state index in [-0.39, 0.29) is 12.3 Å². The fourth-order valence-electron chi connectivity index (χ4n) is 2.37. The number of carbonyl (C=O) groups is 1. The number of oxazole rings is 1. The van der Waals surface area contributed by atoms with Crippen LogP contribution in [-0.2, 0) is 11.2 Å². The molecule has 0 aliphatic heterocycles. The van der Waals surface area contributed by atoms with Crippen molar-refractivity contribution >= 4 is 17.5 Å². The predicted molar refractivity (Wildman–Crippen MR) is 82.5 cm³/mol. The number of carbonyl (C=O) groups excluding carboxylic acids is 1. The van der Waals surface area contributed by atoms with Gasteiger partial charge in [0.1, 0.15) is 6.26 Å². The van der Waals surface area contributed by atoms with Gasteiger partial charge in [-0.25, -0.2) is 4.98 Å². The number of hydrogen-bond donors (Lipinski definition) is 2. The number of benzene rings is 1. The van der Waals surface area contributed by atoms with Crippen LogP contribution in [0.15, 0.2) is 34.9 Å². The zero-order chi connectivity index (χ0) is 15.6. The number of amides is 1. The van der Waals surface area contributed by atoms with E-state index in [9.17, 15) is 9.90 Å². The average Bonchev–Trinajstić information content (AvgIpc) is 2.92. The van der Waals surface area contributed by atoms with Crippen molar-refractivity contribution in [3.63, 3.8) is 0 Å². The summed E-state index contributed by atoms with van der Waals surface area (Å²) in [5.41, 5.74) is 0.649. The van der Waals surface area contributed by atoms with Crippen molar-refractivity contribution in [1.82, 2.24) is 10.3 Å². The summed E-state index contributed by atoms with van der Waals surface area (Å²) in [7, 11) is 0. The Bertz CT molecular complexity index is 662. The zero-order valence-electron chi connectivity index (χ0n) is 12.0. The molecule has 1 saturated carbocycles. The van der Waals surface area contributed by atoms with Gasteiger partial charge in [0.25, 0.3) is 0 Å². The topological polar surface area (TPSA) is 75.4 Å². The Kier molecular flexibility index (Phi) is 4.18. The molecule has 2 N–H and O–H groups in total. The Labute approximate surface area is 133 Å². The second-order valence-corrected chi connectivity index (χ2v) is 6.12. The highest BCUT2D eigenvalue weighted by molar-refractivity contribution is 6.30. The average molecular weight is 321 g/mol. The Morgan fingerprint density at radius 1 is 1.36 bits per heavy atom. The van der Waals surface area contributed by atoms with Crippen LogP contribution in [0.4, 0.5) is 0 Å². The number of hydrogen-bond acceptors (Lipinski definition) is 4. The van der Waals surface area contributed by atoms with Crippen LogP contribution in [0, 0.1) is 0 Å². The Morgan fingerprint density at radius 2 is 2.09 bits per heavy atom. The van der Waals surface area contributed by atoms with Gasteiger partial charge in [-0.2, -0.15) is 0 Å². The molecule has 0 atom stereocenters. The van der Waals surface area contributed by atoms with E-state index in [1.165, 1.54) is 6.26 Å². The zero-order valence-corrected chi connectivity index (χ0v) is 12.8. The molecule has 5 nitrogen and oxygen atoms in total. The minimum absolute atomic E-state index is 0.132. The molecule has 6 heteroatoms. The maximum Gasteiger partial charge on any atom is 0.226 e. The minimum Gasteiger partial charge on any atom is -0.444 e. The minimum atomic E-state index is -0.714. The van der Waals surface area contributed by atoms with Crippen LogP contribution >= 0.6 is 11.6 Å². The van der Waals surface area contributed by atoms with Gasteiger partial charge >= 0.3 is 0 Å². The molecule has 22 heavy (non-hydrogen) atoms. The van der Waals surface area contributed by atoms with Gasteiger partial charge in [0, 0.05) is 17.1 Å². The predicted octanol–water partition coefficient (Wildman–Crippen LogP) is 2.57. The monoisotopic (exact) mass is 320 g/mol. The smallest absolute Gasteiger partial charge is 0.226 e. The van der Waals surface area contributed by atoms with Crippen LogP contribution in [0.1, 0.15) is 25.0 Å². The molecule has 3 rings (SSSR count). The first-order valence-corrected chi connectivity index (χ1v) is 7.61. The fourth-order valence-corrected chi connectivity index (χ4v) is 2.49. The lowest BCUT2D eigenvalue weighted by Gasteiger charge is -2.36. The first kappa shape index (κ1) is 15.1. The van der Waals surface area contributed by atoms with Gasteiger partial charge in [0.2, 0.25) is 11.8 Å². The van der Waals surface area contributed by atoms with Crippen molar-refractivity contribution in [3.05, 3.63) is 41.2 Å². The summed E-state index contributed by atoms with van der Waals surface area (Å²) in [6.07, 6.45) is 4.12. The number of nitrogens with one attached hydrogen (secondary N) is 1. The molecule has 0 unspecified atom stereocenters. The molecule has 0 saturated heterocycles. The van der Waals surface area contributed by atoms with Gasteiger partial charge in [-0.3, -0.25) is 4.79 Å². The lowest BCUT2D eigenvalue weighted by atomic mass is 9.80. The second kappa shape index (κ2) is 6.10. The third kappa shape index (κ3) is 3.48. The van der Waals surface area contributed by atoms with E-state index in [4.69, 9.17) is 16.0 Å². The third-order valence-electron chi connectivity index (χ3n) is 3.88. The lowest BCUT2D eigenvalue weighted by Crippen LogP contribution is -2.48. The maximum atomic E-state index is 11.9. The highest BCUT2D eigenvalue weighted by atomic mass is 35.5.